The SMILES string of the molecule is CNCC1CCCN(S(=O)(=O)c2ccc(Oc3cccc(C)c3)cc2)C1.Cl. The lowest BCUT2D eigenvalue weighted by molar-refractivity contribution is 0.263. The van der Waals surface area contributed by atoms with Crippen molar-refractivity contribution in [3.05, 3.63) is 54.1 Å². The fraction of sp³-hybridized carbons (Fsp3) is 0.400. The summed E-state index contributed by atoms with van der Waals surface area (Å²) in [6, 6.07) is 14.4. The van der Waals surface area contributed by atoms with Crippen molar-refractivity contribution in [3.8, 4) is 11.5 Å². The molecule has 0 bridgehead atoms. The molecule has 148 valence electrons. The van der Waals surface area contributed by atoms with Gasteiger partial charge in [-0.3, -0.25) is 0 Å². The van der Waals surface area contributed by atoms with Gasteiger partial charge < -0.3 is 10.1 Å². The van der Waals surface area contributed by atoms with Gasteiger partial charge in [0.1, 0.15) is 11.5 Å². The highest BCUT2D eigenvalue weighted by Crippen LogP contribution is 2.27. The fourth-order valence-corrected chi connectivity index (χ4v) is 4.90. The molecule has 0 radical (unpaired) electrons. The minimum absolute atomic E-state index is 0. The number of hydrogen-bond acceptors (Lipinski definition) is 4. The Bertz CT molecular complexity index is 839. The molecule has 1 unspecified atom stereocenters. The van der Waals surface area contributed by atoms with Gasteiger partial charge in [0.25, 0.3) is 0 Å². The van der Waals surface area contributed by atoms with Crippen LogP contribution < -0.4 is 10.1 Å². The van der Waals surface area contributed by atoms with Crippen molar-refractivity contribution < 1.29 is 13.2 Å². The van der Waals surface area contributed by atoms with Crippen molar-refractivity contribution in [3.63, 3.8) is 0 Å². The first kappa shape index (κ1) is 21.7. The van der Waals surface area contributed by atoms with Gasteiger partial charge in [-0.05, 0) is 81.2 Å². The minimum Gasteiger partial charge on any atom is -0.457 e. The number of aryl methyl sites for hydroxylation is 1. The molecule has 0 aromatic heterocycles. The van der Waals surface area contributed by atoms with Crippen molar-refractivity contribution in [1.29, 1.82) is 0 Å². The van der Waals surface area contributed by atoms with E-state index < -0.39 is 10.0 Å². The van der Waals surface area contributed by atoms with E-state index in [0.717, 1.165) is 30.7 Å². The van der Waals surface area contributed by atoms with Crippen molar-refractivity contribution in [1.82, 2.24) is 9.62 Å². The molecule has 0 saturated carbocycles. The number of halogens is 1. The molecule has 0 aliphatic carbocycles. The molecule has 1 N–H and O–H groups in total. The van der Waals surface area contributed by atoms with Gasteiger partial charge in [0.2, 0.25) is 10.0 Å². The van der Waals surface area contributed by atoms with Gasteiger partial charge in [-0.25, -0.2) is 8.42 Å². The molecular formula is C20H27ClN2O3S. The molecule has 1 saturated heterocycles. The van der Waals surface area contributed by atoms with E-state index in [-0.39, 0.29) is 12.4 Å². The number of nitrogens with zero attached hydrogens (tertiary/aromatic N) is 1. The lowest BCUT2D eigenvalue weighted by Gasteiger charge is -2.31. The lowest BCUT2D eigenvalue weighted by Crippen LogP contribution is -2.42. The Hall–Kier alpha value is -1.60. The topological polar surface area (TPSA) is 58.6 Å². The maximum Gasteiger partial charge on any atom is 0.243 e. The van der Waals surface area contributed by atoms with Gasteiger partial charge in [-0.2, -0.15) is 4.31 Å². The second-order valence-corrected chi connectivity index (χ2v) is 8.76. The van der Waals surface area contributed by atoms with Crippen LogP contribution in [0.1, 0.15) is 18.4 Å². The fourth-order valence-electron chi connectivity index (χ4n) is 3.34. The van der Waals surface area contributed by atoms with E-state index in [2.05, 4.69) is 5.32 Å². The van der Waals surface area contributed by atoms with Crippen LogP contribution in [0, 0.1) is 12.8 Å². The van der Waals surface area contributed by atoms with Crippen LogP contribution in [-0.2, 0) is 10.0 Å². The maximum atomic E-state index is 12.9. The third-order valence-corrected chi connectivity index (χ3v) is 6.54. The number of rotatable bonds is 6. The highest BCUT2D eigenvalue weighted by molar-refractivity contribution is 7.89. The van der Waals surface area contributed by atoms with Crippen LogP contribution in [0.4, 0.5) is 0 Å². The average Bonchev–Trinajstić information content (AvgIpc) is 2.63. The van der Waals surface area contributed by atoms with Gasteiger partial charge >= 0.3 is 0 Å². The van der Waals surface area contributed by atoms with Crippen LogP contribution >= 0.6 is 12.4 Å². The van der Waals surface area contributed by atoms with Crippen LogP contribution in [0.2, 0.25) is 0 Å². The summed E-state index contributed by atoms with van der Waals surface area (Å²) in [7, 11) is -1.56. The number of nitrogens with one attached hydrogen (secondary N) is 1. The summed E-state index contributed by atoms with van der Waals surface area (Å²) in [5, 5.41) is 3.15. The van der Waals surface area contributed by atoms with Gasteiger partial charge in [0.05, 0.1) is 4.90 Å². The molecule has 3 rings (SSSR count). The molecule has 27 heavy (non-hydrogen) atoms. The van der Waals surface area contributed by atoms with E-state index in [4.69, 9.17) is 4.74 Å². The van der Waals surface area contributed by atoms with Gasteiger partial charge in [-0.15, -0.1) is 12.4 Å². The third kappa shape index (κ3) is 5.45. The Balaban J connectivity index is 0.00000261. The Morgan fingerprint density at radius 1 is 1.15 bits per heavy atom. The van der Waals surface area contributed by atoms with E-state index in [9.17, 15) is 8.42 Å². The zero-order chi connectivity index (χ0) is 18.6. The molecule has 0 spiro atoms. The first-order valence-corrected chi connectivity index (χ1v) is 10.4. The highest BCUT2D eigenvalue weighted by Gasteiger charge is 2.29. The van der Waals surface area contributed by atoms with Gasteiger partial charge in [0, 0.05) is 13.1 Å². The number of sulfonamides is 1. The quantitative estimate of drug-likeness (QED) is 0.786. The summed E-state index contributed by atoms with van der Waals surface area (Å²) in [4.78, 5) is 0.319. The lowest BCUT2D eigenvalue weighted by atomic mass is 10.00. The number of hydrogen-bond donors (Lipinski definition) is 1. The van der Waals surface area contributed by atoms with Crippen LogP contribution in [0.25, 0.3) is 0 Å². The molecule has 1 heterocycles. The monoisotopic (exact) mass is 410 g/mol. The number of ether oxygens (including phenoxy) is 1. The zero-order valence-corrected chi connectivity index (χ0v) is 17.4. The van der Waals surface area contributed by atoms with Crippen molar-refractivity contribution in [2.24, 2.45) is 5.92 Å². The molecule has 1 fully saturated rings. The predicted octanol–water partition coefficient (Wildman–Crippen LogP) is 3.83. The first-order valence-electron chi connectivity index (χ1n) is 8.98. The number of benzene rings is 2. The van der Waals surface area contributed by atoms with Gasteiger partial charge in [0.15, 0.2) is 0 Å². The minimum atomic E-state index is -3.46. The molecular weight excluding hydrogens is 384 g/mol. The summed E-state index contributed by atoms with van der Waals surface area (Å²) in [5.41, 5.74) is 1.11. The molecule has 2 aromatic rings. The normalized spacial score (nSPS) is 17.9. The summed E-state index contributed by atoms with van der Waals surface area (Å²) in [5.74, 6) is 1.74. The number of piperidine rings is 1. The first-order chi connectivity index (χ1) is 12.5. The molecule has 0 amide bonds. The van der Waals surface area contributed by atoms with Crippen LogP contribution in [0.15, 0.2) is 53.4 Å². The molecule has 1 aliphatic heterocycles. The molecule has 2 aromatic carbocycles. The predicted molar refractivity (Wildman–Crippen MR) is 110 cm³/mol. The van der Waals surface area contributed by atoms with E-state index >= 15 is 0 Å². The Morgan fingerprint density at radius 2 is 1.89 bits per heavy atom. The second kappa shape index (κ2) is 9.55. The summed E-state index contributed by atoms with van der Waals surface area (Å²) in [6.45, 7) is 4.01. The van der Waals surface area contributed by atoms with Crippen molar-refractivity contribution >= 4 is 22.4 Å². The largest absolute Gasteiger partial charge is 0.457 e. The van der Waals surface area contributed by atoms with Gasteiger partial charge in [-0.1, -0.05) is 12.1 Å². The Morgan fingerprint density at radius 3 is 2.56 bits per heavy atom. The molecule has 1 atom stereocenters. The van der Waals surface area contributed by atoms with Crippen LogP contribution in [0.5, 0.6) is 11.5 Å². The van der Waals surface area contributed by atoms with E-state index in [0.29, 0.717) is 29.7 Å². The molecule has 5 nitrogen and oxygen atoms in total. The van der Waals surface area contributed by atoms with Crippen LogP contribution in [0.3, 0.4) is 0 Å². The smallest absolute Gasteiger partial charge is 0.243 e. The average molecular weight is 411 g/mol. The summed E-state index contributed by atoms with van der Waals surface area (Å²) in [6.07, 6.45) is 1.97. The molecule has 1 aliphatic rings. The summed E-state index contributed by atoms with van der Waals surface area (Å²) < 4.78 is 33.2. The van der Waals surface area contributed by atoms with Crippen molar-refractivity contribution in [2.45, 2.75) is 24.7 Å². The van der Waals surface area contributed by atoms with E-state index in [1.54, 1.807) is 28.6 Å². The third-order valence-electron chi connectivity index (χ3n) is 4.66. The highest BCUT2D eigenvalue weighted by atomic mass is 35.5. The molecule has 7 heteroatoms. The van der Waals surface area contributed by atoms with Crippen molar-refractivity contribution in [2.75, 3.05) is 26.7 Å². The standard InChI is InChI=1S/C20H26N2O3S.ClH/c1-16-5-3-7-19(13-16)25-18-8-10-20(11-9-18)26(23,24)22-12-4-6-17(15-22)14-21-2;/h3,5,7-11,13,17,21H,4,6,12,14-15H2,1-2H3;1H. The van der Waals surface area contributed by atoms with E-state index in [1.807, 2.05) is 38.2 Å². The second-order valence-electron chi connectivity index (χ2n) is 6.82. The maximum absolute atomic E-state index is 12.9. The van der Waals surface area contributed by atoms with Crippen LogP contribution in [-0.4, -0.2) is 39.4 Å². The van der Waals surface area contributed by atoms with E-state index in [1.165, 1.54) is 0 Å². The zero-order valence-electron chi connectivity index (χ0n) is 15.7. The Kier molecular flexibility index (Phi) is 7.68. The summed E-state index contributed by atoms with van der Waals surface area (Å²) >= 11 is 0. The Labute approximate surface area is 168 Å².